The molecule has 1 heterocycles. The maximum Gasteiger partial charge on any atom is 0.288 e. The van der Waals surface area contributed by atoms with Gasteiger partial charge in [-0.1, -0.05) is 17.7 Å². The van der Waals surface area contributed by atoms with Crippen LogP contribution in [0.15, 0.2) is 58.0 Å². The number of amides is 1. The van der Waals surface area contributed by atoms with Gasteiger partial charge in [0.25, 0.3) is 5.69 Å². The number of methoxy groups -OCH3 is 2. The number of furan rings is 1. The molecule has 0 aliphatic carbocycles. The fourth-order valence-corrected chi connectivity index (χ4v) is 2.95. The van der Waals surface area contributed by atoms with Gasteiger partial charge in [-0.25, -0.2) is 5.43 Å². The molecule has 10 heteroatoms. The lowest BCUT2D eigenvalue weighted by Crippen LogP contribution is -2.19. The minimum Gasteiger partial charge on any atom is -0.493 e. The molecule has 3 aromatic rings. The van der Waals surface area contributed by atoms with Crippen molar-refractivity contribution in [2.24, 2.45) is 5.10 Å². The first-order valence-corrected chi connectivity index (χ1v) is 9.36. The van der Waals surface area contributed by atoms with Gasteiger partial charge in [-0.3, -0.25) is 14.9 Å². The summed E-state index contributed by atoms with van der Waals surface area (Å²) in [6.07, 6.45) is 1.43. The van der Waals surface area contributed by atoms with Crippen LogP contribution in [0.4, 0.5) is 5.69 Å². The van der Waals surface area contributed by atoms with E-state index in [4.69, 9.17) is 25.5 Å². The molecule has 0 bridgehead atoms. The summed E-state index contributed by atoms with van der Waals surface area (Å²) >= 11 is 5.83. The summed E-state index contributed by atoms with van der Waals surface area (Å²) in [7, 11) is 3.05. The molecule has 0 saturated carbocycles. The van der Waals surface area contributed by atoms with E-state index < -0.39 is 4.92 Å². The highest BCUT2D eigenvalue weighted by molar-refractivity contribution is 6.32. The molecule has 0 saturated heterocycles. The van der Waals surface area contributed by atoms with Crippen LogP contribution in [0.3, 0.4) is 0 Å². The van der Waals surface area contributed by atoms with E-state index in [1.165, 1.54) is 32.6 Å². The highest BCUT2D eigenvalue weighted by Gasteiger charge is 2.15. The molecule has 0 fully saturated rings. The minimum atomic E-state index is -0.564. The van der Waals surface area contributed by atoms with Gasteiger partial charge in [0.05, 0.1) is 31.8 Å². The molecular weight excluding hydrogens is 426 g/mol. The largest absolute Gasteiger partial charge is 0.493 e. The van der Waals surface area contributed by atoms with Gasteiger partial charge in [0.2, 0.25) is 5.91 Å². The number of benzene rings is 2. The second-order valence-electron chi connectivity index (χ2n) is 6.28. The van der Waals surface area contributed by atoms with Crippen molar-refractivity contribution in [3.05, 3.63) is 75.0 Å². The van der Waals surface area contributed by atoms with Crippen molar-refractivity contribution in [1.82, 2.24) is 5.43 Å². The van der Waals surface area contributed by atoms with E-state index in [1.807, 2.05) is 0 Å². The van der Waals surface area contributed by atoms with Gasteiger partial charge in [0.1, 0.15) is 16.5 Å². The topological polar surface area (TPSA) is 116 Å². The number of carbonyl (C=O) groups is 1. The number of halogens is 1. The first kappa shape index (κ1) is 21.8. The molecule has 9 nitrogen and oxygen atoms in total. The summed E-state index contributed by atoms with van der Waals surface area (Å²) in [5.74, 6) is 1.53. The Morgan fingerprint density at radius 2 is 1.94 bits per heavy atom. The van der Waals surface area contributed by atoms with Gasteiger partial charge < -0.3 is 13.9 Å². The fourth-order valence-electron chi connectivity index (χ4n) is 2.77. The van der Waals surface area contributed by atoms with Crippen LogP contribution in [0.25, 0.3) is 11.3 Å². The number of carbonyl (C=O) groups excluding carboxylic acids is 1. The Kier molecular flexibility index (Phi) is 6.88. The van der Waals surface area contributed by atoms with E-state index >= 15 is 0 Å². The Bertz CT molecular complexity index is 1140. The van der Waals surface area contributed by atoms with Crippen molar-refractivity contribution in [2.45, 2.75) is 6.42 Å². The average molecular weight is 444 g/mol. The van der Waals surface area contributed by atoms with Crippen LogP contribution < -0.4 is 14.9 Å². The summed E-state index contributed by atoms with van der Waals surface area (Å²) in [5, 5.41) is 14.9. The zero-order valence-corrected chi connectivity index (χ0v) is 17.4. The SMILES string of the molecule is COc1ccc(CC(=O)N/N=C\c2ccc(-c3ccc(Cl)c([N+](=O)[O-])c3)o2)cc1OC. The normalized spacial score (nSPS) is 10.8. The number of nitrogens with one attached hydrogen (secondary N) is 1. The van der Waals surface area contributed by atoms with Crippen molar-refractivity contribution < 1.29 is 23.6 Å². The quantitative estimate of drug-likeness (QED) is 0.316. The summed E-state index contributed by atoms with van der Waals surface area (Å²) in [4.78, 5) is 22.6. The van der Waals surface area contributed by atoms with Crippen LogP contribution in [-0.4, -0.2) is 31.3 Å². The van der Waals surface area contributed by atoms with Gasteiger partial charge in [-0.2, -0.15) is 5.10 Å². The van der Waals surface area contributed by atoms with E-state index in [1.54, 1.807) is 36.4 Å². The maximum absolute atomic E-state index is 12.1. The standard InChI is InChI=1S/C21H18ClN3O6/c1-29-19-7-3-13(9-20(19)30-2)10-21(26)24-23-12-15-5-8-18(31-15)14-4-6-16(22)17(11-14)25(27)28/h3-9,11-12H,10H2,1-2H3,(H,24,26)/b23-12-. The Labute approximate surface area is 182 Å². The lowest BCUT2D eigenvalue weighted by molar-refractivity contribution is -0.384. The average Bonchev–Trinajstić information content (AvgIpc) is 3.22. The number of nitro groups is 1. The number of hydrazone groups is 1. The minimum absolute atomic E-state index is 0.0410. The molecule has 3 rings (SSSR count). The third-order valence-corrected chi connectivity index (χ3v) is 4.57. The van der Waals surface area contributed by atoms with Crippen molar-refractivity contribution in [1.29, 1.82) is 0 Å². The molecule has 0 spiro atoms. The fraction of sp³-hybridized carbons (Fsp3) is 0.143. The lowest BCUT2D eigenvalue weighted by Gasteiger charge is -2.09. The first-order chi connectivity index (χ1) is 14.9. The van der Waals surface area contributed by atoms with Gasteiger partial charge in [0, 0.05) is 11.6 Å². The smallest absolute Gasteiger partial charge is 0.288 e. The number of rotatable bonds is 8. The predicted molar refractivity (Wildman–Crippen MR) is 115 cm³/mol. The highest BCUT2D eigenvalue weighted by atomic mass is 35.5. The molecule has 31 heavy (non-hydrogen) atoms. The van der Waals surface area contributed by atoms with Gasteiger partial charge in [0.15, 0.2) is 11.5 Å². The molecule has 160 valence electrons. The second kappa shape index (κ2) is 9.77. The van der Waals surface area contributed by atoms with Crippen molar-refractivity contribution in [2.75, 3.05) is 14.2 Å². The molecule has 0 radical (unpaired) electrons. The van der Waals surface area contributed by atoms with E-state index in [-0.39, 0.29) is 23.0 Å². The molecular formula is C21H18ClN3O6. The molecule has 1 aromatic heterocycles. The molecule has 0 unspecified atom stereocenters. The Hall–Kier alpha value is -3.85. The zero-order chi connectivity index (χ0) is 22.4. The molecule has 0 aliphatic heterocycles. The van der Waals surface area contributed by atoms with E-state index in [2.05, 4.69) is 10.5 Å². The van der Waals surface area contributed by atoms with Crippen molar-refractivity contribution in [3.63, 3.8) is 0 Å². The van der Waals surface area contributed by atoms with Crippen LogP contribution in [-0.2, 0) is 11.2 Å². The molecule has 1 N–H and O–H groups in total. The summed E-state index contributed by atoms with van der Waals surface area (Å²) < 4.78 is 16.0. The highest BCUT2D eigenvalue weighted by Crippen LogP contribution is 2.31. The Morgan fingerprint density at radius 3 is 2.65 bits per heavy atom. The van der Waals surface area contributed by atoms with Crippen LogP contribution in [0.2, 0.25) is 5.02 Å². The van der Waals surface area contributed by atoms with Gasteiger partial charge >= 0.3 is 0 Å². The van der Waals surface area contributed by atoms with E-state index in [9.17, 15) is 14.9 Å². The third kappa shape index (κ3) is 5.40. The lowest BCUT2D eigenvalue weighted by atomic mass is 10.1. The summed E-state index contributed by atoms with van der Waals surface area (Å²) in [5.41, 5.74) is 3.43. The Balaban J connectivity index is 1.62. The van der Waals surface area contributed by atoms with Crippen molar-refractivity contribution in [3.8, 4) is 22.8 Å². The van der Waals surface area contributed by atoms with E-state index in [0.717, 1.165) is 5.56 Å². The molecule has 0 aliphatic rings. The molecule has 2 aromatic carbocycles. The monoisotopic (exact) mass is 443 g/mol. The summed E-state index contributed by atoms with van der Waals surface area (Å²) in [6.45, 7) is 0. The van der Waals surface area contributed by atoms with Crippen LogP contribution >= 0.6 is 11.6 Å². The third-order valence-electron chi connectivity index (χ3n) is 4.25. The first-order valence-electron chi connectivity index (χ1n) is 8.98. The maximum atomic E-state index is 12.1. The zero-order valence-electron chi connectivity index (χ0n) is 16.6. The van der Waals surface area contributed by atoms with Gasteiger partial charge in [-0.15, -0.1) is 0 Å². The summed E-state index contributed by atoms with van der Waals surface area (Å²) in [6, 6.07) is 12.8. The number of hydrogen-bond donors (Lipinski definition) is 1. The second-order valence-corrected chi connectivity index (χ2v) is 6.69. The number of nitro benzene ring substituents is 1. The number of hydrogen-bond acceptors (Lipinski definition) is 7. The Morgan fingerprint density at radius 1 is 1.16 bits per heavy atom. The molecule has 1 amide bonds. The van der Waals surface area contributed by atoms with E-state index in [0.29, 0.717) is 28.6 Å². The van der Waals surface area contributed by atoms with Gasteiger partial charge in [-0.05, 0) is 42.0 Å². The van der Waals surface area contributed by atoms with Crippen LogP contribution in [0.5, 0.6) is 11.5 Å². The number of ether oxygens (including phenoxy) is 2. The molecule has 0 atom stereocenters. The van der Waals surface area contributed by atoms with Crippen molar-refractivity contribution >= 4 is 29.4 Å². The van der Waals surface area contributed by atoms with Crippen LogP contribution in [0, 0.1) is 10.1 Å². The number of nitrogens with zero attached hydrogens (tertiary/aromatic N) is 2. The predicted octanol–water partition coefficient (Wildman–Crippen LogP) is 4.22. The van der Waals surface area contributed by atoms with Crippen LogP contribution in [0.1, 0.15) is 11.3 Å².